The highest BCUT2D eigenvalue weighted by Crippen LogP contribution is 2.25. The Morgan fingerprint density at radius 1 is 1.92 bits per heavy atom. The molecule has 1 fully saturated rings. The second-order valence-corrected chi connectivity index (χ2v) is 3.92. The Kier molecular flexibility index (Phi) is 3.15. The van der Waals surface area contributed by atoms with Gasteiger partial charge in [-0.3, -0.25) is 4.99 Å². The van der Waals surface area contributed by atoms with E-state index in [0.717, 1.165) is 13.0 Å². The monoisotopic (exact) mass is 186 g/mol. The third kappa shape index (κ3) is 2.24. The van der Waals surface area contributed by atoms with Crippen LogP contribution in [0.4, 0.5) is 0 Å². The van der Waals surface area contributed by atoms with E-state index in [0.29, 0.717) is 6.04 Å². The molecule has 0 saturated carbocycles. The third-order valence-corrected chi connectivity index (χ3v) is 2.26. The van der Waals surface area contributed by atoms with Gasteiger partial charge in [0.25, 0.3) is 0 Å². The van der Waals surface area contributed by atoms with Gasteiger partial charge in [0.05, 0.1) is 18.0 Å². The van der Waals surface area contributed by atoms with Crippen LogP contribution in [0.15, 0.2) is 17.3 Å². The first-order chi connectivity index (χ1) is 5.61. The molecule has 3 heteroatoms. The standard InChI is InChI=1S/C9H15ClN2/c1-7(10)5-11-6-9-4-8(2)12(9)3/h5,7,9H,2,4,6H2,1,3H3/b11-5-. The minimum atomic E-state index is 0.0404. The van der Waals surface area contributed by atoms with Crippen molar-refractivity contribution in [3.63, 3.8) is 0 Å². The highest BCUT2D eigenvalue weighted by molar-refractivity contribution is 6.27. The fourth-order valence-electron chi connectivity index (χ4n) is 1.21. The average Bonchev–Trinajstić information content (AvgIpc) is 2.02. The van der Waals surface area contributed by atoms with Crippen molar-refractivity contribution in [3.05, 3.63) is 12.3 Å². The molecular weight excluding hydrogens is 172 g/mol. The van der Waals surface area contributed by atoms with Gasteiger partial charge in [0.1, 0.15) is 0 Å². The van der Waals surface area contributed by atoms with E-state index in [2.05, 4.69) is 23.5 Å². The van der Waals surface area contributed by atoms with Crippen molar-refractivity contribution >= 4 is 17.8 Å². The first-order valence-electron chi connectivity index (χ1n) is 4.16. The van der Waals surface area contributed by atoms with Crippen molar-refractivity contribution in [2.75, 3.05) is 13.6 Å². The minimum absolute atomic E-state index is 0.0404. The maximum atomic E-state index is 5.71. The number of likely N-dealkylation sites (N-methyl/N-ethyl adjacent to an activating group) is 1. The molecule has 68 valence electrons. The lowest BCUT2D eigenvalue weighted by atomic mass is 10.0. The van der Waals surface area contributed by atoms with Crippen molar-refractivity contribution in [3.8, 4) is 0 Å². The van der Waals surface area contributed by atoms with E-state index in [4.69, 9.17) is 11.6 Å². The summed E-state index contributed by atoms with van der Waals surface area (Å²) in [5.41, 5.74) is 1.20. The Labute approximate surface area is 78.9 Å². The van der Waals surface area contributed by atoms with Crippen LogP contribution >= 0.6 is 11.6 Å². The molecule has 0 aromatic carbocycles. The minimum Gasteiger partial charge on any atom is -0.373 e. The highest BCUT2D eigenvalue weighted by atomic mass is 35.5. The van der Waals surface area contributed by atoms with Crippen molar-refractivity contribution in [1.29, 1.82) is 0 Å². The summed E-state index contributed by atoms with van der Waals surface area (Å²) in [7, 11) is 2.05. The summed E-state index contributed by atoms with van der Waals surface area (Å²) in [5, 5.41) is 0.0404. The van der Waals surface area contributed by atoms with E-state index >= 15 is 0 Å². The van der Waals surface area contributed by atoms with Crippen LogP contribution in [-0.4, -0.2) is 36.1 Å². The molecule has 0 bridgehead atoms. The van der Waals surface area contributed by atoms with Crippen molar-refractivity contribution in [2.45, 2.75) is 24.8 Å². The second kappa shape index (κ2) is 3.94. The van der Waals surface area contributed by atoms with Crippen LogP contribution < -0.4 is 0 Å². The van der Waals surface area contributed by atoms with Crippen LogP contribution in [0.5, 0.6) is 0 Å². The quantitative estimate of drug-likeness (QED) is 0.486. The lowest BCUT2D eigenvalue weighted by molar-refractivity contribution is 0.206. The zero-order valence-electron chi connectivity index (χ0n) is 7.63. The number of nitrogens with zero attached hydrogens (tertiary/aromatic N) is 2. The lowest BCUT2D eigenvalue weighted by Crippen LogP contribution is -2.44. The number of hydrogen-bond donors (Lipinski definition) is 0. The Morgan fingerprint density at radius 3 is 3.00 bits per heavy atom. The van der Waals surface area contributed by atoms with Crippen molar-refractivity contribution in [2.24, 2.45) is 4.99 Å². The molecule has 1 saturated heterocycles. The van der Waals surface area contributed by atoms with Gasteiger partial charge in [-0.1, -0.05) is 6.58 Å². The molecule has 0 amide bonds. The van der Waals surface area contributed by atoms with Crippen LogP contribution in [0.1, 0.15) is 13.3 Å². The molecule has 0 aromatic rings. The first-order valence-corrected chi connectivity index (χ1v) is 4.59. The largest absolute Gasteiger partial charge is 0.373 e. The number of rotatable bonds is 3. The number of alkyl halides is 1. The van der Waals surface area contributed by atoms with Gasteiger partial charge in [-0.15, -0.1) is 11.6 Å². The maximum absolute atomic E-state index is 5.71. The molecule has 2 atom stereocenters. The number of aliphatic imine (C=N–C) groups is 1. The summed E-state index contributed by atoms with van der Waals surface area (Å²) < 4.78 is 0. The molecule has 0 radical (unpaired) electrons. The number of hydrogen-bond acceptors (Lipinski definition) is 2. The van der Waals surface area contributed by atoms with E-state index < -0.39 is 0 Å². The average molecular weight is 187 g/mol. The van der Waals surface area contributed by atoms with Crippen LogP contribution in [0.3, 0.4) is 0 Å². The van der Waals surface area contributed by atoms with Gasteiger partial charge in [0.2, 0.25) is 0 Å². The summed E-state index contributed by atoms with van der Waals surface area (Å²) in [6.45, 7) is 6.63. The SMILES string of the molecule is C=C1CC(C/N=C\C(C)Cl)N1C. The zero-order valence-corrected chi connectivity index (χ0v) is 8.38. The van der Waals surface area contributed by atoms with Gasteiger partial charge in [-0.25, -0.2) is 0 Å². The fourth-order valence-corrected chi connectivity index (χ4v) is 1.29. The number of halogens is 1. The Hall–Kier alpha value is -0.500. The molecule has 0 aliphatic carbocycles. The second-order valence-electron chi connectivity index (χ2n) is 3.23. The van der Waals surface area contributed by atoms with E-state index in [9.17, 15) is 0 Å². The van der Waals surface area contributed by atoms with E-state index in [1.807, 2.05) is 6.92 Å². The Bertz CT molecular complexity index is 199. The third-order valence-electron chi connectivity index (χ3n) is 2.14. The molecular formula is C9H15ClN2. The normalized spacial score (nSPS) is 26.1. The van der Waals surface area contributed by atoms with Gasteiger partial charge in [-0.2, -0.15) is 0 Å². The van der Waals surface area contributed by atoms with Crippen LogP contribution in [0.2, 0.25) is 0 Å². The van der Waals surface area contributed by atoms with E-state index in [-0.39, 0.29) is 5.38 Å². The van der Waals surface area contributed by atoms with Crippen LogP contribution in [-0.2, 0) is 0 Å². The molecule has 0 spiro atoms. The van der Waals surface area contributed by atoms with Crippen LogP contribution in [0, 0.1) is 0 Å². The van der Waals surface area contributed by atoms with Gasteiger partial charge in [0.15, 0.2) is 0 Å². The first kappa shape index (κ1) is 9.59. The van der Waals surface area contributed by atoms with E-state index in [1.54, 1.807) is 6.21 Å². The molecule has 0 aromatic heterocycles. The predicted octanol–water partition coefficient (Wildman–Crippen LogP) is 1.90. The predicted molar refractivity (Wildman–Crippen MR) is 54.0 cm³/mol. The lowest BCUT2D eigenvalue weighted by Gasteiger charge is -2.41. The molecule has 2 nitrogen and oxygen atoms in total. The van der Waals surface area contributed by atoms with Gasteiger partial charge < -0.3 is 4.90 Å². The van der Waals surface area contributed by atoms with Gasteiger partial charge >= 0.3 is 0 Å². The summed E-state index contributed by atoms with van der Waals surface area (Å²) in [4.78, 5) is 6.40. The van der Waals surface area contributed by atoms with E-state index in [1.165, 1.54) is 5.70 Å². The Morgan fingerprint density at radius 2 is 2.58 bits per heavy atom. The molecule has 1 heterocycles. The Balaban J connectivity index is 2.21. The fraction of sp³-hybridized carbons (Fsp3) is 0.667. The topological polar surface area (TPSA) is 15.6 Å². The molecule has 0 N–H and O–H groups in total. The summed E-state index contributed by atoms with van der Waals surface area (Å²) >= 11 is 5.71. The van der Waals surface area contributed by atoms with Crippen molar-refractivity contribution < 1.29 is 0 Å². The molecule has 1 aliphatic heterocycles. The molecule has 1 aliphatic rings. The summed E-state index contributed by atoms with van der Waals surface area (Å²) in [5.74, 6) is 0. The molecule has 1 rings (SSSR count). The summed E-state index contributed by atoms with van der Waals surface area (Å²) in [6.07, 6.45) is 2.86. The maximum Gasteiger partial charge on any atom is 0.0655 e. The molecule has 2 unspecified atom stereocenters. The number of likely N-dealkylation sites (tertiary alicyclic amines) is 1. The smallest absolute Gasteiger partial charge is 0.0655 e. The van der Waals surface area contributed by atoms with Gasteiger partial charge in [0, 0.05) is 25.4 Å². The van der Waals surface area contributed by atoms with Gasteiger partial charge in [-0.05, 0) is 6.92 Å². The zero-order chi connectivity index (χ0) is 9.14. The summed E-state index contributed by atoms with van der Waals surface area (Å²) in [6, 6.07) is 0.546. The molecule has 12 heavy (non-hydrogen) atoms. The highest BCUT2D eigenvalue weighted by Gasteiger charge is 2.26. The van der Waals surface area contributed by atoms with Crippen molar-refractivity contribution in [1.82, 2.24) is 4.90 Å². The van der Waals surface area contributed by atoms with Crippen LogP contribution in [0.25, 0.3) is 0 Å².